The summed E-state index contributed by atoms with van der Waals surface area (Å²) in [5, 5.41) is 6.48. The summed E-state index contributed by atoms with van der Waals surface area (Å²) >= 11 is 0. The van der Waals surface area contributed by atoms with Crippen molar-refractivity contribution in [3.05, 3.63) is 0 Å². The second-order valence-corrected chi connectivity index (χ2v) is 4.91. The number of ether oxygens (including phenoxy) is 1. The predicted molar refractivity (Wildman–Crippen MR) is 78.4 cm³/mol. The Kier molecular flexibility index (Phi) is 8.95. The maximum absolute atomic E-state index is 11.6. The van der Waals surface area contributed by atoms with Gasteiger partial charge in [-0.3, -0.25) is 4.79 Å². The van der Waals surface area contributed by atoms with Gasteiger partial charge < -0.3 is 20.3 Å². The number of guanidine groups is 1. The minimum absolute atomic E-state index is 0.0235. The molecule has 2 N–H and O–H groups in total. The highest BCUT2D eigenvalue weighted by Crippen LogP contribution is 1.91. The monoisotopic (exact) mass is 272 g/mol. The van der Waals surface area contributed by atoms with Crippen molar-refractivity contribution < 1.29 is 9.53 Å². The summed E-state index contributed by atoms with van der Waals surface area (Å²) in [6, 6.07) is 0.435. The smallest absolute Gasteiger partial charge is 0.243 e. The van der Waals surface area contributed by atoms with Crippen LogP contribution in [0.25, 0.3) is 0 Å². The van der Waals surface area contributed by atoms with Crippen molar-refractivity contribution in [1.29, 1.82) is 0 Å². The molecule has 0 spiro atoms. The molecule has 112 valence electrons. The molecule has 0 aromatic rings. The lowest BCUT2D eigenvalue weighted by Crippen LogP contribution is -2.47. The molecule has 6 nitrogen and oxygen atoms in total. The number of carbonyl (C=O) groups is 1. The number of hydrogen-bond donors (Lipinski definition) is 2. The van der Waals surface area contributed by atoms with Crippen LogP contribution in [-0.2, 0) is 9.53 Å². The molecule has 1 amide bonds. The summed E-state index contributed by atoms with van der Waals surface area (Å²) in [5.41, 5.74) is 0. The van der Waals surface area contributed by atoms with E-state index >= 15 is 0 Å². The summed E-state index contributed by atoms with van der Waals surface area (Å²) in [4.78, 5) is 17.4. The largest absolute Gasteiger partial charge is 0.383 e. The summed E-state index contributed by atoms with van der Waals surface area (Å²) in [6.07, 6.45) is 0.987. The molecule has 0 bridgehead atoms. The number of likely N-dealkylation sites (N-methyl/N-ethyl adjacent to an activating group) is 1. The average molecular weight is 272 g/mol. The number of aliphatic imine (C=N–C) groups is 1. The van der Waals surface area contributed by atoms with E-state index < -0.39 is 0 Å². The van der Waals surface area contributed by atoms with Gasteiger partial charge in [0.2, 0.25) is 5.91 Å². The SMILES string of the molecule is CCC(C)NC(=NCC(=O)N(C)C)NC(C)COC. The van der Waals surface area contributed by atoms with Crippen LogP contribution in [0.4, 0.5) is 0 Å². The summed E-state index contributed by atoms with van der Waals surface area (Å²) in [6.45, 7) is 6.90. The number of hydrogen-bond acceptors (Lipinski definition) is 3. The maximum atomic E-state index is 11.6. The van der Waals surface area contributed by atoms with Gasteiger partial charge in [0.25, 0.3) is 0 Å². The van der Waals surface area contributed by atoms with Crippen molar-refractivity contribution >= 4 is 11.9 Å². The van der Waals surface area contributed by atoms with Gasteiger partial charge in [-0.2, -0.15) is 0 Å². The van der Waals surface area contributed by atoms with Crippen LogP contribution in [0.5, 0.6) is 0 Å². The zero-order valence-corrected chi connectivity index (χ0v) is 13.0. The highest BCUT2D eigenvalue weighted by molar-refractivity contribution is 5.85. The molecule has 0 aliphatic heterocycles. The third kappa shape index (κ3) is 8.42. The van der Waals surface area contributed by atoms with E-state index in [4.69, 9.17) is 4.74 Å². The van der Waals surface area contributed by atoms with E-state index in [1.165, 1.54) is 4.90 Å². The lowest BCUT2D eigenvalue weighted by Gasteiger charge is -2.21. The Morgan fingerprint density at radius 1 is 1.26 bits per heavy atom. The topological polar surface area (TPSA) is 66.0 Å². The first-order chi connectivity index (χ1) is 8.90. The minimum Gasteiger partial charge on any atom is -0.383 e. The summed E-state index contributed by atoms with van der Waals surface area (Å²) in [7, 11) is 5.11. The predicted octanol–water partition coefficient (Wildman–Crippen LogP) is 0.443. The summed E-state index contributed by atoms with van der Waals surface area (Å²) in [5.74, 6) is 0.624. The summed E-state index contributed by atoms with van der Waals surface area (Å²) < 4.78 is 5.08. The Balaban J connectivity index is 4.56. The number of amides is 1. The first-order valence-corrected chi connectivity index (χ1v) is 6.67. The number of carbonyl (C=O) groups excluding carboxylic acids is 1. The normalized spacial score (nSPS) is 14.7. The van der Waals surface area contributed by atoms with E-state index in [2.05, 4.69) is 29.5 Å². The highest BCUT2D eigenvalue weighted by Gasteiger charge is 2.09. The van der Waals surface area contributed by atoms with Crippen LogP contribution in [0.15, 0.2) is 4.99 Å². The quantitative estimate of drug-likeness (QED) is 0.521. The highest BCUT2D eigenvalue weighted by atomic mass is 16.5. The maximum Gasteiger partial charge on any atom is 0.243 e. The van der Waals surface area contributed by atoms with Gasteiger partial charge in [-0.25, -0.2) is 4.99 Å². The van der Waals surface area contributed by atoms with Crippen LogP contribution in [0.3, 0.4) is 0 Å². The van der Waals surface area contributed by atoms with Crippen LogP contribution in [0, 0.1) is 0 Å². The molecule has 19 heavy (non-hydrogen) atoms. The fourth-order valence-electron chi connectivity index (χ4n) is 1.28. The van der Waals surface area contributed by atoms with E-state index in [9.17, 15) is 4.79 Å². The molecule has 0 aromatic carbocycles. The van der Waals surface area contributed by atoms with Crippen molar-refractivity contribution in [3.63, 3.8) is 0 Å². The van der Waals surface area contributed by atoms with Crippen LogP contribution in [0.2, 0.25) is 0 Å². The van der Waals surface area contributed by atoms with Crippen molar-refractivity contribution in [2.75, 3.05) is 34.4 Å². The van der Waals surface area contributed by atoms with Gasteiger partial charge in [0, 0.05) is 33.3 Å². The Labute approximate surface area is 116 Å². The Morgan fingerprint density at radius 3 is 2.32 bits per heavy atom. The van der Waals surface area contributed by atoms with E-state index in [-0.39, 0.29) is 18.5 Å². The second kappa shape index (κ2) is 9.61. The standard InChI is InChI=1S/C13H28N4O2/c1-7-10(2)15-13(16-11(3)9-19-6)14-8-12(18)17(4)5/h10-11H,7-9H2,1-6H3,(H2,14,15,16). The average Bonchev–Trinajstić information content (AvgIpc) is 2.35. The van der Waals surface area contributed by atoms with Crippen LogP contribution in [-0.4, -0.2) is 63.2 Å². The minimum atomic E-state index is -0.0235. The van der Waals surface area contributed by atoms with E-state index in [0.717, 1.165) is 6.42 Å². The van der Waals surface area contributed by atoms with Crippen LogP contribution < -0.4 is 10.6 Å². The van der Waals surface area contributed by atoms with Gasteiger partial charge in [-0.1, -0.05) is 6.92 Å². The van der Waals surface area contributed by atoms with Crippen molar-refractivity contribution in [2.24, 2.45) is 4.99 Å². The van der Waals surface area contributed by atoms with E-state index in [1.54, 1.807) is 21.2 Å². The molecule has 0 aliphatic rings. The van der Waals surface area contributed by atoms with Gasteiger partial charge in [0.15, 0.2) is 5.96 Å². The Bertz CT molecular complexity index is 292. The lowest BCUT2D eigenvalue weighted by atomic mass is 10.3. The Morgan fingerprint density at radius 2 is 1.84 bits per heavy atom. The fourth-order valence-corrected chi connectivity index (χ4v) is 1.28. The molecule has 6 heteroatoms. The lowest BCUT2D eigenvalue weighted by molar-refractivity contribution is -0.127. The molecule has 0 radical (unpaired) electrons. The van der Waals surface area contributed by atoms with Gasteiger partial charge >= 0.3 is 0 Å². The second-order valence-electron chi connectivity index (χ2n) is 4.91. The molecular weight excluding hydrogens is 244 g/mol. The third-order valence-corrected chi connectivity index (χ3v) is 2.67. The van der Waals surface area contributed by atoms with E-state index in [0.29, 0.717) is 18.6 Å². The fraction of sp³-hybridized carbons (Fsp3) is 0.846. The molecule has 0 aromatic heterocycles. The molecule has 0 heterocycles. The zero-order valence-electron chi connectivity index (χ0n) is 13.0. The number of methoxy groups -OCH3 is 1. The van der Waals surface area contributed by atoms with Gasteiger partial charge in [0.1, 0.15) is 6.54 Å². The first kappa shape index (κ1) is 17.7. The van der Waals surface area contributed by atoms with Gasteiger partial charge in [-0.05, 0) is 20.3 Å². The molecule has 0 saturated carbocycles. The molecule has 0 saturated heterocycles. The molecule has 0 rings (SSSR count). The first-order valence-electron chi connectivity index (χ1n) is 6.67. The van der Waals surface area contributed by atoms with Crippen molar-refractivity contribution in [1.82, 2.24) is 15.5 Å². The molecule has 0 aliphatic carbocycles. The number of rotatable bonds is 7. The van der Waals surface area contributed by atoms with Crippen LogP contribution >= 0.6 is 0 Å². The van der Waals surface area contributed by atoms with Crippen molar-refractivity contribution in [3.8, 4) is 0 Å². The third-order valence-electron chi connectivity index (χ3n) is 2.67. The van der Waals surface area contributed by atoms with Gasteiger partial charge in [-0.15, -0.1) is 0 Å². The van der Waals surface area contributed by atoms with E-state index in [1.807, 2.05) is 6.92 Å². The zero-order chi connectivity index (χ0) is 14.8. The molecule has 2 unspecified atom stereocenters. The molecule has 0 fully saturated rings. The number of nitrogens with zero attached hydrogens (tertiary/aromatic N) is 2. The van der Waals surface area contributed by atoms with Crippen LogP contribution in [0.1, 0.15) is 27.2 Å². The molecule has 2 atom stereocenters. The van der Waals surface area contributed by atoms with Gasteiger partial charge in [0.05, 0.1) is 6.61 Å². The Hall–Kier alpha value is -1.30. The van der Waals surface area contributed by atoms with Crippen molar-refractivity contribution in [2.45, 2.75) is 39.3 Å². The molecular formula is C13H28N4O2. The number of nitrogens with one attached hydrogen (secondary N) is 2.